The number of aliphatic hydroxyl groups excluding tert-OH is 1. The minimum atomic E-state index is -0.346. The molecular weight excluding hydrogens is 428 g/mol. The minimum absolute atomic E-state index is 0.346. The Hall–Kier alpha value is -0.900. The van der Waals surface area contributed by atoms with Gasteiger partial charge in [0.1, 0.15) is 0 Å². The number of rotatable bonds is 0. The molecule has 198 valence electrons. The highest BCUT2D eigenvalue weighted by Gasteiger charge is 2.38. The van der Waals surface area contributed by atoms with Gasteiger partial charge in [0.2, 0.25) is 0 Å². The molecule has 2 saturated heterocycles. The summed E-state index contributed by atoms with van der Waals surface area (Å²) in [5.74, 6) is 3.40. The molecule has 0 aliphatic carbocycles. The summed E-state index contributed by atoms with van der Waals surface area (Å²) in [6.07, 6.45) is 33.4. The summed E-state index contributed by atoms with van der Waals surface area (Å²) in [5, 5.41) is 10.8. The maximum Gasteiger partial charge on any atom is 0.0850 e. The van der Waals surface area contributed by atoms with Crippen molar-refractivity contribution in [1.29, 1.82) is 0 Å². The molecule has 5 rings (SSSR count). The SMILES string of the molecule is OC1/C=C\C=C/CCCCCC[C@H]2CN3CC/C=C\CCCCCC[C@H]4C[C@H](CN(C1)C4)[C@H]2CC3. The van der Waals surface area contributed by atoms with Gasteiger partial charge in [-0.3, -0.25) is 4.90 Å². The van der Waals surface area contributed by atoms with Gasteiger partial charge in [0.15, 0.2) is 0 Å². The molecule has 0 saturated carbocycles. The highest BCUT2D eigenvalue weighted by atomic mass is 16.3. The largest absolute Gasteiger partial charge is 0.388 e. The first-order chi connectivity index (χ1) is 17.3. The lowest BCUT2D eigenvalue weighted by Gasteiger charge is -2.47. The van der Waals surface area contributed by atoms with E-state index in [0.29, 0.717) is 0 Å². The van der Waals surface area contributed by atoms with E-state index in [9.17, 15) is 5.11 Å². The molecule has 0 aromatic carbocycles. The third-order valence-electron chi connectivity index (χ3n) is 9.36. The third kappa shape index (κ3) is 9.48. The van der Waals surface area contributed by atoms with Gasteiger partial charge in [-0.15, -0.1) is 0 Å². The summed E-state index contributed by atoms with van der Waals surface area (Å²) in [5.41, 5.74) is 0. The van der Waals surface area contributed by atoms with Crippen molar-refractivity contribution in [2.45, 2.75) is 102 Å². The Bertz CT molecular complexity index is 670. The fraction of sp³-hybridized carbons (Fsp3) is 0.812. The van der Waals surface area contributed by atoms with Gasteiger partial charge in [0, 0.05) is 32.7 Å². The molecule has 5 aliphatic rings. The number of nitrogens with zero attached hydrogens (tertiary/aromatic N) is 2. The van der Waals surface area contributed by atoms with Crippen molar-refractivity contribution >= 4 is 0 Å². The van der Waals surface area contributed by atoms with E-state index >= 15 is 0 Å². The molecule has 7 atom stereocenters. The van der Waals surface area contributed by atoms with Crippen LogP contribution in [0.4, 0.5) is 0 Å². The summed E-state index contributed by atoms with van der Waals surface area (Å²) < 4.78 is 0. The van der Waals surface area contributed by atoms with E-state index in [1.165, 1.54) is 129 Å². The fourth-order valence-corrected chi connectivity index (χ4v) is 7.53. The highest BCUT2D eigenvalue weighted by molar-refractivity contribution is 5.05. The van der Waals surface area contributed by atoms with Crippen LogP contribution in [0.1, 0.15) is 96.3 Å². The second-order valence-electron chi connectivity index (χ2n) is 12.2. The maximum atomic E-state index is 10.8. The van der Waals surface area contributed by atoms with Crippen LogP contribution >= 0.6 is 0 Å². The summed E-state index contributed by atoms with van der Waals surface area (Å²) in [6.45, 7) is 7.10. The molecule has 0 spiro atoms. The second-order valence-corrected chi connectivity index (χ2v) is 12.2. The van der Waals surface area contributed by atoms with Gasteiger partial charge in [0.25, 0.3) is 0 Å². The van der Waals surface area contributed by atoms with E-state index in [1.54, 1.807) is 0 Å². The van der Waals surface area contributed by atoms with E-state index in [2.05, 4.69) is 40.2 Å². The summed E-state index contributed by atoms with van der Waals surface area (Å²) in [7, 11) is 0. The van der Waals surface area contributed by atoms with Crippen LogP contribution in [0.15, 0.2) is 36.5 Å². The molecule has 6 bridgehead atoms. The van der Waals surface area contributed by atoms with Crippen LogP contribution < -0.4 is 0 Å². The van der Waals surface area contributed by atoms with E-state index in [0.717, 1.165) is 30.2 Å². The number of piperidine rings is 2. The van der Waals surface area contributed by atoms with Crippen molar-refractivity contribution in [2.75, 3.05) is 39.3 Å². The Labute approximate surface area is 216 Å². The predicted molar refractivity (Wildman–Crippen MR) is 150 cm³/mol. The van der Waals surface area contributed by atoms with Crippen LogP contribution in [0, 0.1) is 23.7 Å². The summed E-state index contributed by atoms with van der Waals surface area (Å²) in [4.78, 5) is 5.45. The van der Waals surface area contributed by atoms with Gasteiger partial charge in [0.05, 0.1) is 6.10 Å². The number of fused-ring (bicyclic) bond motifs is 10. The van der Waals surface area contributed by atoms with Crippen LogP contribution in [0.25, 0.3) is 0 Å². The van der Waals surface area contributed by atoms with Gasteiger partial charge < -0.3 is 10.0 Å². The van der Waals surface area contributed by atoms with E-state index in [1.807, 2.05) is 6.08 Å². The molecule has 0 aromatic heterocycles. The van der Waals surface area contributed by atoms with Crippen LogP contribution in [0.5, 0.6) is 0 Å². The summed E-state index contributed by atoms with van der Waals surface area (Å²) in [6, 6.07) is 0. The highest BCUT2D eigenvalue weighted by Crippen LogP contribution is 2.40. The average molecular weight is 483 g/mol. The van der Waals surface area contributed by atoms with Gasteiger partial charge in [-0.05, 0) is 88.0 Å². The standard InChI is InChI=1S/C32H54N2O/c35-31-19-15-11-7-2-1-6-10-14-18-29-25-33-21-16-12-8-4-3-5-9-13-17-28-23-30(32(29)20-22-33)26-34(24-28)27-31/h7-8,11-12,15,19,28-32,35H,1-6,9-10,13-14,16-18,20-27H2/b11-7-,12-8-,19-15-/t28-,29-,30+,31?,32-/m0/s1. The topological polar surface area (TPSA) is 26.7 Å². The normalized spacial score (nSPS) is 41.6. The molecule has 5 heterocycles. The van der Waals surface area contributed by atoms with Gasteiger partial charge in [-0.25, -0.2) is 0 Å². The van der Waals surface area contributed by atoms with Crippen molar-refractivity contribution in [2.24, 2.45) is 23.7 Å². The quantitative estimate of drug-likeness (QED) is 0.377. The molecule has 5 aliphatic heterocycles. The Kier molecular flexibility index (Phi) is 11.9. The van der Waals surface area contributed by atoms with Gasteiger partial charge in [-0.1, -0.05) is 75.0 Å². The molecule has 0 aromatic rings. The predicted octanol–water partition coefficient (Wildman–Crippen LogP) is 6.99. The van der Waals surface area contributed by atoms with Crippen LogP contribution in [0.2, 0.25) is 0 Å². The Morgan fingerprint density at radius 2 is 1.31 bits per heavy atom. The van der Waals surface area contributed by atoms with Crippen molar-refractivity contribution in [3.05, 3.63) is 36.5 Å². The lowest BCUT2D eigenvalue weighted by Crippen LogP contribution is -2.50. The first kappa shape index (κ1) is 27.1. The molecule has 35 heavy (non-hydrogen) atoms. The third-order valence-corrected chi connectivity index (χ3v) is 9.36. The Morgan fingerprint density at radius 3 is 2.20 bits per heavy atom. The van der Waals surface area contributed by atoms with Crippen molar-refractivity contribution < 1.29 is 5.11 Å². The van der Waals surface area contributed by atoms with E-state index in [4.69, 9.17) is 0 Å². The first-order valence-electron chi connectivity index (χ1n) is 15.4. The van der Waals surface area contributed by atoms with Crippen LogP contribution in [0.3, 0.4) is 0 Å². The lowest BCUT2D eigenvalue weighted by molar-refractivity contribution is 0.00963. The molecule has 3 unspecified atom stereocenters. The number of hydrogen-bond donors (Lipinski definition) is 1. The molecular formula is C32H54N2O. The van der Waals surface area contributed by atoms with Gasteiger partial charge >= 0.3 is 0 Å². The van der Waals surface area contributed by atoms with Gasteiger partial charge in [-0.2, -0.15) is 0 Å². The van der Waals surface area contributed by atoms with E-state index < -0.39 is 0 Å². The monoisotopic (exact) mass is 482 g/mol. The summed E-state index contributed by atoms with van der Waals surface area (Å²) >= 11 is 0. The number of allylic oxidation sites excluding steroid dienone is 4. The van der Waals surface area contributed by atoms with E-state index in [-0.39, 0.29) is 6.10 Å². The zero-order chi connectivity index (χ0) is 24.1. The Balaban J connectivity index is 1.51. The van der Waals surface area contributed by atoms with Crippen molar-refractivity contribution in [3.8, 4) is 0 Å². The number of aliphatic hydroxyl groups is 1. The van der Waals surface area contributed by atoms with Crippen LogP contribution in [-0.2, 0) is 0 Å². The maximum absolute atomic E-state index is 10.8. The van der Waals surface area contributed by atoms with Crippen molar-refractivity contribution in [1.82, 2.24) is 9.80 Å². The average Bonchev–Trinajstić information content (AvgIpc) is 2.85. The molecule has 3 nitrogen and oxygen atoms in total. The van der Waals surface area contributed by atoms with Crippen LogP contribution in [-0.4, -0.2) is 60.3 Å². The molecule has 0 radical (unpaired) electrons. The smallest absolute Gasteiger partial charge is 0.0850 e. The number of hydrogen-bond acceptors (Lipinski definition) is 3. The Morgan fingerprint density at radius 1 is 0.571 bits per heavy atom. The van der Waals surface area contributed by atoms with Crippen molar-refractivity contribution in [3.63, 3.8) is 0 Å². The molecule has 0 amide bonds. The second kappa shape index (κ2) is 15.4. The lowest BCUT2D eigenvalue weighted by atomic mass is 9.69. The molecule has 3 heteroatoms. The molecule has 2 fully saturated rings. The zero-order valence-corrected chi connectivity index (χ0v) is 22.5. The zero-order valence-electron chi connectivity index (χ0n) is 22.5. The first-order valence-corrected chi connectivity index (χ1v) is 15.4. The minimum Gasteiger partial charge on any atom is -0.388 e. The molecule has 1 N–H and O–H groups in total. The fourth-order valence-electron chi connectivity index (χ4n) is 7.53.